The van der Waals surface area contributed by atoms with Crippen LogP contribution in [0.15, 0.2) is 29.8 Å². The van der Waals surface area contributed by atoms with Gasteiger partial charge in [0.25, 0.3) is 0 Å². The molecule has 80 valence electrons. The van der Waals surface area contributed by atoms with E-state index >= 15 is 0 Å². The molecule has 0 radical (unpaired) electrons. The lowest BCUT2D eigenvalue weighted by Crippen LogP contribution is -2.13. The first-order valence-electron chi connectivity index (χ1n) is 4.90. The second-order valence-electron chi connectivity index (χ2n) is 3.17. The molecule has 0 amide bonds. The third-order valence-electron chi connectivity index (χ3n) is 1.97. The van der Waals surface area contributed by atoms with Crippen LogP contribution in [0.25, 0.3) is 10.7 Å². The van der Waals surface area contributed by atoms with E-state index in [1.807, 2.05) is 23.6 Å². The Bertz CT molecular complexity index is 484. The van der Waals surface area contributed by atoms with E-state index < -0.39 is 0 Å². The average molecular weight is 229 g/mol. The van der Waals surface area contributed by atoms with Crippen molar-refractivity contribution in [3.8, 4) is 23.0 Å². The molecule has 2 aromatic rings. The fourth-order valence-electron chi connectivity index (χ4n) is 1.26. The largest absolute Gasteiger partial charge is 0.301 e. The van der Waals surface area contributed by atoms with Crippen molar-refractivity contribution >= 4 is 11.3 Å². The van der Waals surface area contributed by atoms with E-state index in [0.29, 0.717) is 13.1 Å². The quantitative estimate of drug-likeness (QED) is 0.643. The number of hydrogen-bond donors (Lipinski definition) is 1. The van der Waals surface area contributed by atoms with Gasteiger partial charge < -0.3 is 5.32 Å². The zero-order chi connectivity index (χ0) is 11.2. The number of nitrogens with one attached hydrogen (secondary N) is 1. The zero-order valence-corrected chi connectivity index (χ0v) is 9.50. The van der Waals surface area contributed by atoms with E-state index in [2.05, 4.69) is 21.2 Å². The van der Waals surface area contributed by atoms with Gasteiger partial charge in [0.1, 0.15) is 5.01 Å². The smallest absolute Gasteiger partial charge is 0.142 e. The lowest BCUT2D eigenvalue weighted by atomic mass is 10.3. The molecular formula is C12H11N3S. The molecule has 0 spiro atoms. The van der Waals surface area contributed by atoms with Gasteiger partial charge in [0.05, 0.1) is 17.9 Å². The fraction of sp³-hybridized carbons (Fsp3) is 0.167. The number of aromatic nitrogens is 2. The summed E-state index contributed by atoms with van der Waals surface area (Å²) in [4.78, 5) is 8.73. The number of thiazole rings is 1. The van der Waals surface area contributed by atoms with Crippen LogP contribution in [0.4, 0.5) is 0 Å². The fourth-order valence-corrected chi connectivity index (χ4v) is 2.05. The Hall–Kier alpha value is -1.70. The minimum Gasteiger partial charge on any atom is -0.301 e. The second kappa shape index (κ2) is 5.40. The molecule has 2 aromatic heterocycles. The topological polar surface area (TPSA) is 37.8 Å². The monoisotopic (exact) mass is 229 g/mol. The maximum atomic E-state index is 5.15. The molecule has 0 aliphatic carbocycles. The predicted molar refractivity (Wildman–Crippen MR) is 65.9 cm³/mol. The van der Waals surface area contributed by atoms with Crippen molar-refractivity contribution in [2.24, 2.45) is 0 Å². The van der Waals surface area contributed by atoms with Crippen LogP contribution in [0.2, 0.25) is 0 Å². The van der Waals surface area contributed by atoms with Crippen LogP contribution < -0.4 is 5.32 Å². The second-order valence-corrected chi connectivity index (χ2v) is 4.02. The molecule has 0 unspecified atom stereocenters. The summed E-state index contributed by atoms with van der Waals surface area (Å²) in [5.41, 5.74) is 1.91. The van der Waals surface area contributed by atoms with Gasteiger partial charge in [0.2, 0.25) is 0 Å². The zero-order valence-electron chi connectivity index (χ0n) is 8.68. The predicted octanol–water partition coefficient (Wildman–Crippen LogP) is 1.93. The highest BCUT2D eigenvalue weighted by atomic mass is 32.1. The van der Waals surface area contributed by atoms with Crippen LogP contribution in [0.3, 0.4) is 0 Å². The summed E-state index contributed by atoms with van der Waals surface area (Å²) in [6.45, 7) is 1.27. The third-order valence-corrected chi connectivity index (χ3v) is 2.88. The molecule has 0 aliphatic heterocycles. The number of nitrogens with zero attached hydrogens (tertiary/aromatic N) is 2. The first kappa shape index (κ1) is 10.8. The minimum atomic E-state index is 0.566. The Morgan fingerprint density at radius 2 is 2.38 bits per heavy atom. The van der Waals surface area contributed by atoms with Crippen LogP contribution in [0.5, 0.6) is 0 Å². The highest BCUT2D eigenvalue weighted by Gasteiger charge is 2.04. The average Bonchev–Trinajstić information content (AvgIpc) is 2.79. The molecule has 2 rings (SSSR count). The summed E-state index contributed by atoms with van der Waals surface area (Å²) < 4.78 is 0. The van der Waals surface area contributed by atoms with Crippen molar-refractivity contribution in [1.82, 2.24) is 15.3 Å². The summed E-state index contributed by atoms with van der Waals surface area (Å²) in [6.07, 6.45) is 6.92. The lowest BCUT2D eigenvalue weighted by molar-refractivity contribution is 0.755. The maximum Gasteiger partial charge on any atom is 0.142 e. The lowest BCUT2D eigenvalue weighted by Gasteiger charge is -1.95. The number of terminal acetylenes is 1. The van der Waals surface area contributed by atoms with E-state index in [-0.39, 0.29) is 0 Å². The van der Waals surface area contributed by atoms with Gasteiger partial charge in [-0.15, -0.1) is 17.8 Å². The summed E-state index contributed by atoms with van der Waals surface area (Å²) >= 11 is 1.60. The molecular weight excluding hydrogens is 218 g/mol. The highest BCUT2D eigenvalue weighted by molar-refractivity contribution is 7.13. The molecule has 0 saturated heterocycles. The molecule has 0 saturated carbocycles. The minimum absolute atomic E-state index is 0.566. The van der Waals surface area contributed by atoms with Crippen LogP contribution in [0, 0.1) is 12.3 Å². The molecule has 0 aliphatic rings. The van der Waals surface area contributed by atoms with Gasteiger partial charge in [-0.3, -0.25) is 4.98 Å². The van der Waals surface area contributed by atoms with Crippen molar-refractivity contribution in [2.45, 2.75) is 6.54 Å². The van der Waals surface area contributed by atoms with Crippen molar-refractivity contribution in [1.29, 1.82) is 0 Å². The van der Waals surface area contributed by atoms with E-state index in [1.165, 1.54) is 0 Å². The molecule has 0 bridgehead atoms. The van der Waals surface area contributed by atoms with Crippen LogP contribution in [-0.2, 0) is 6.54 Å². The van der Waals surface area contributed by atoms with E-state index in [0.717, 1.165) is 16.4 Å². The van der Waals surface area contributed by atoms with Gasteiger partial charge in [-0.1, -0.05) is 12.0 Å². The van der Waals surface area contributed by atoms with E-state index in [9.17, 15) is 0 Å². The summed E-state index contributed by atoms with van der Waals surface area (Å²) in [6, 6.07) is 5.81. The first-order valence-corrected chi connectivity index (χ1v) is 5.78. The molecule has 2 heterocycles. The summed E-state index contributed by atoms with van der Waals surface area (Å²) in [7, 11) is 0. The van der Waals surface area contributed by atoms with Crippen LogP contribution in [0.1, 0.15) is 5.69 Å². The van der Waals surface area contributed by atoms with Crippen LogP contribution >= 0.6 is 11.3 Å². The Labute approximate surface area is 98.6 Å². The van der Waals surface area contributed by atoms with Gasteiger partial charge in [0.15, 0.2) is 0 Å². The molecule has 0 atom stereocenters. The van der Waals surface area contributed by atoms with Crippen molar-refractivity contribution in [3.63, 3.8) is 0 Å². The Morgan fingerprint density at radius 3 is 3.12 bits per heavy atom. The SMILES string of the molecule is C#CCNCc1csc(-c2ccccn2)n1. The Kier molecular flexibility index (Phi) is 3.65. The van der Waals surface area contributed by atoms with E-state index in [1.54, 1.807) is 17.5 Å². The summed E-state index contributed by atoms with van der Waals surface area (Å²) in [5.74, 6) is 2.53. The van der Waals surface area contributed by atoms with Gasteiger partial charge in [-0.25, -0.2) is 4.98 Å². The van der Waals surface area contributed by atoms with Gasteiger partial charge in [0, 0.05) is 18.1 Å². The molecule has 0 aromatic carbocycles. The van der Waals surface area contributed by atoms with Crippen molar-refractivity contribution < 1.29 is 0 Å². The molecule has 16 heavy (non-hydrogen) atoms. The normalized spacial score (nSPS) is 9.94. The third kappa shape index (κ3) is 2.66. The Balaban J connectivity index is 2.06. The standard InChI is InChI=1S/C12H11N3S/c1-2-6-13-8-10-9-16-12(15-10)11-5-3-4-7-14-11/h1,3-5,7,9,13H,6,8H2. The molecule has 3 nitrogen and oxygen atoms in total. The van der Waals surface area contributed by atoms with Gasteiger partial charge in [-0.2, -0.15) is 0 Å². The number of rotatable bonds is 4. The first-order chi connectivity index (χ1) is 7.90. The number of hydrogen-bond acceptors (Lipinski definition) is 4. The van der Waals surface area contributed by atoms with Crippen LogP contribution in [-0.4, -0.2) is 16.5 Å². The molecule has 4 heteroatoms. The molecule has 0 fully saturated rings. The number of pyridine rings is 1. The van der Waals surface area contributed by atoms with Gasteiger partial charge >= 0.3 is 0 Å². The van der Waals surface area contributed by atoms with E-state index in [4.69, 9.17) is 6.42 Å². The van der Waals surface area contributed by atoms with Crippen molar-refractivity contribution in [3.05, 3.63) is 35.5 Å². The summed E-state index contributed by atoms with van der Waals surface area (Å²) in [5, 5.41) is 6.07. The maximum absolute atomic E-state index is 5.15. The van der Waals surface area contributed by atoms with Crippen molar-refractivity contribution in [2.75, 3.05) is 6.54 Å². The Morgan fingerprint density at radius 1 is 1.44 bits per heavy atom. The molecule has 1 N–H and O–H groups in total. The highest BCUT2D eigenvalue weighted by Crippen LogP contribution is 2.20. The van der Waals surface area contributed by atoms with Gasteiger partial charge in [-0.05, 0) is 12.1 Å².